The first-order chi connectivity index (χ1) is 8.77. The summed E-state index contributed by atoms with van der Waals surface area (Å²) in [5, 5.41) is 0. The van der Waals surface area contributed by atoms with Crippen LogP contribution < -0.4 is 0 Å². The van der Waals surface area contributed by atoms with Crippen LogP contribution in [0.1, 0.15) is 0 Å². The van der Waals surface area contributed by atoms with Crippen molar-refractivity contribution in [3.05, 3.63) is 60.4 Å². The summed E-state index contributed by atoms with van der Waals surface area (Å²) in [6, 6.07) is 16.2. The lowest BCUT2D eigenvalue weighted by atomic mass is 10.3. The fraction of sp³-hybridized carbons (Fsp3) is 0.143. The van der Waals surface area contributed by atoms with Gasteiger partial charge in [-0.05, 0) is 24.3 Å². The van der Waals surface area contributed by atoms with Crippen LogP contribution in [0.2, 0.25) is 0 Å². The van der Waals surface area contributed by atoms with Crippen LogP contribution in [-0.4, -0.2) is 15.7 Å². The van der Waals surface area contributed by atoms with Gasteiger partial charge in [-0.25, -0.2) is 4.39 Å². The zero-order valence-electron chi connectivity index (χ0n) is 9.71. The average Bonchev–Trinajstić information content (AvgIpc) is 2.40. The lowest BCUT2D eigenvalue weighted by Gasteiger charge is -2.03. The maximum absolute atomic E-state index is 13.4. The van der Waals surface area contributed by atoms with E-state index in [-0.39, 0.29) is 5.82 Å². The molecule has 2 rings (SSSR count). The maximum Gasteiger partial charge on any atom is 0.139 e. The SMILES string of the molecule is O=S(CCSc1ccccc1)c1ccccc1F. The van der Waals surface area contributed by atoms with E-state index >= 15 is 0 Å². The molecule has 1 nitrogen and oxygen atoms in total. The number of hydrogen-bond acceptors (Lipinski definition) is 2. The highest BCUT2D eigenvalue weighted by atomic mass is 32.2. The van der Waals surface area contributed by atoms with E-state index < -0.39 is 10.8 Å². The molecule has 18 heavy (non-hydrogen) atoms. The van der Waals surface area contributed by atoms with E-state index in [4.69, 9.17) is 0 Å². The van der Waals surface area contributed by atoms with Crippen molar-refractivity contribution < 1.29 is 8.60 Å². The minimum atomic E-state index is -1.26. The molecular formula is C14H13FOS2. The minimum absolute atomic E-state index is 0.297. The Morgan fingerprint density at radius 3 is 2.39 bits per heavy atom. The van der Waals surface area contributed by atoms with Crippen LogP contribution in [0.3, 0.4) is 0 Å². The summed E-state index contributed by atoms with van der Waals surface area (Å²) in [7, 11) is -1.26. The molecule has 0 saturated carbocycles. The Morgan fingerprint density at radius 2 is 1.67 bits per heavy atom. The molecule has 0 aliphatic carbocycles. The van der Waals surface area contributed by atoms with Crippen molar-refractivity contribution >= 4 is 22.6 Å². The van der Waals surface area contributed by atoms with Crippen molar-refractivity contribution in [2.24, 2.45) is 0 Å². The number of hydrogen-bond donors (Lipinski definition) is 0. The molecule has 2 aromatic rings. The number of thioether (sulfide) groups is 1. The molecule has 0 radical (unpaired) electrons. The molecule has 0 amide bonds. The standard InChI is InChI=1S/C14H13FOS2/c15-13-8-4-5-9-14(13)18(16)11-10-17-12-6-2-1-3-7-12/h1-9H,10-11H2. The van der Waals surface area contributed by atoms with Gasteiger partial charge in [0.1, 0.15) is 5.82 Å². The summed E-state index contributed by atoms with van der Waals surface area (Å²) in [4.78, 5) is 1.44. The van der Waals surface area contributed by atoms with Gasteiger partial charge >= 0.3 is 0 Å². The van der Waals surface area contributed by atoms with E-state index in [9.17, 15) is 8.60 Å². The molecule has 1 unspecified atom stereocenters. The minimum Gasteiger partial charge on any atom is -0.254 e. The van der Waals surface area contributed by atoms with Gasteiger partial charge < -0.3 is 0 Å². The molecule has 2 aromatic carbocycles. The molecule has 0 aliphatic heterocycles. The highest BCUT2D eigenvalue weighted by Gasteiger charge is 2.08. The van der Waals surface area contributed by atoms with Crippen molar-refractivity contribution in [1.82, 2.24) is 0 Å². The van der Waals surface area contributed by atoms with Crippen molar-refractivity contribution in [2.75, 3.05) is 11.5 Å². The summed E-state index contributed by atoms with van der Waals surface area (Å²) in [5.74, 6) is 0.784. The second kappa shape index (κ2) is 6.71. The van der Waals surface area contributed by atoms with E-state index in [1.807, 2.05) is 30.3 Å². The van der Waals surface area contributed by atoms with Crippen molar-refractivity contribution in [1.29, 1.82) is 0 Å². The highest BCUT2D eigenvalue weighted by Crippen LogP contribution is 2.18. The third-order valence-corrected chi connectivity index (χ3v) is 5.03. The lowest BCUT2D eigenvalue weighted by Crippen LogP contribution is -2.02. The molecule has 0 fully saturated rings. The summed E-state index contributed by atoms with van der Waals surface area (Å²) in [6.45, 7) is 0. The van der Waals surface area contributed by atoms with Crippen LogP contribution in [0.5, 0.6) is 0 Å². The van der Waals surface area contributed by atoms with Gasteiger partial charge in [0.2, 0.25) is 0 Å². The van der Waals surface area contributed by atoms with Gasteiger partial charge in [0.25, 0.3) is 0 Å². The van der Waals surface area contributed by atoms with E-state index in [0.29, 0.717) is 16.4 Å². The number of halogens is 1. The smallest absolute Gasteiger partial charge is 0.139 e. The molecule has 0 aliphatic rings. The monoisotopic (exact) mass is 280 g/mol. The third kappa shape index (κ3) is 3.68. The summed E-state index contributed by atoms with van der Waals surface area (Å²) in [6.07, 6.45) is 0. The first-order valence-corrected chi connectivity index (χ1v) is 7.88. The maximum atomic E-state index is 13.4. The van der Waals surface area contributed by atoms with Crippen LogP contribution in [0.15, 0.2) is 64.4 Å². The molecule has 4 heteroatoms. The van der Waals surface area contributed by atoms with Crippen LogP contribution in [0.25, 0.3) is 0 Å². The summed E-state index contributed by atoms with van der Waals surface area (Å²) < 4.78 is 25.3. The Balaban J connectivity index is 1.88. The van der Waals surface area contributed by atoms with Gasteiger partial charge in [-0.1, -0.05) is 30.3 Å². The number of rotatable bonds is 5. The van der Waals surface area contributed by atoms with Crippen molar-refractivity contribution in [3.63, 3.8) is 0 Å². The zero-order chi connectivity index (χ0) is 12.8. The Labute approximate surface area is 113 Å². The van der Waals surface area contributed by atoms with Gasteiger partial charge in [-0.15, -0.1) is 11.8 Å². The van der Waals surface area contributed by atoms with Crippen LogP contribution in [0.4, 0.5) is 4.39 Å². The molecule has 0 aromatic heterocycles. The number of benzene rings is 2. The van der Waals surface area contributed by atoms with Crippen LogP contribution in [0, 0.1) is 5.82 Å². The molecule has 94 valence electrons. The molecule has 0 heterocycles. The molecule has 0 spiro atoms. The average molecular weight is 280 g/mol. The van der Waals surface area contributed by atoms with E-state index in [2.05, 4.69) is 0 Å². The van der Waals surface area contributed by atoms with E-state index in [1.54, 1.807) is 30.0 Å². The largest absolute Gasteiger partial charge is 0.254 e. The van der Waals surface area contributed by atoms with Crippen molar-refractivity contribution in [2.45, 2.75) is 9.79 Å². The third-order valence-electron chi connectivity index (χ3n) is 2.36. The summed E-state index contributed by atoms with van der Waals surface area (Å²) >= 11 is 1.63. The molecule has 0 saturated heterocycles. The predicted molar refractivity (Wildman–Crippen MR) is 74.8 cm³/mol. The van der Waals surface area contributed by atoms with Gasteiger partial charge in [-0.3, -0.25) is 4.21 Å². The quantitative estimate of drug-likeness (QED) is 0.776. The van der Waals surface area contributed by atoms with Crippen molar-refractivity contribution in [3.8, 4) is 0 Å². The Bertz CT molecular complexity index is 528. The summed E-state index contributed by atoms with van der Waals surface area (Å²) in [5.41, 5.74) is 0. The fourth-order valence-electron chi connectivity index (χ4n) is 1.49. The van der Waals surface area contributed by atoms with Gasteiger partial charge in [-0.2, -0.15) is 0 Å². The zero-order valence-corrected chi connectivity index (χ0v) is 11.3. The second-order valence-corrected chi connectivity index (χ2v) is 6.35. The first kappa shape index (κ1) is 13.3. The molecular weight excluding hydrogens is 267 g/mol. The molecule has 1 atom stereocenters. The fourth-order valence-corrected chi connectivity index (χ4v) is 3.75. The predicted octanol–water partition coefficient (Wildman–Crippen LogP) is 3.73. The van der Waals surface area contributed by atoms with Gasteiger partial charge in [0, 0.05) is 16.4 Å². The van der Waals surface area contributed by atoms with Gasteiger partial charge in [0.05, 0.1) is 15.7 Å². The van der Waals surface area contributed by atoms with E-state index in [1.165, 1.54) is 6.07 Å². The van der Waals surface area contributed by atoms with Crippen LogP contribution >= 0.6 is 11.8 Å². The Morgan fingerprint density at radius 1 is 1.00 bits per heavy atom. The second-order valence-electron chi connectivity index (χ2n) is 3.64. The Kier molecular flexibility index (Phi) is 4.96. The van der Waals surface area contributed by atoms with Crippen LogP contribution in [-0.2, 0) is 10.8 Å². The first-order valence-electron chi connectivity index (χ1n) is 5.58. The molecule has 0 N–H and O–H groups in total. The highest BCUT2D eigenvalue weighted by molar-refractivity contribution is 8.00. The topological polar surface area (TPSA) is 17.1 Å². The lowest BCUT2D eigenvalue weighted by molar-refractivity contribution is 0.595. The molecule has 0 bridgehead atoms. The van der Waals surface area contributed by atoms with E-state index in [0.717, 1.165) is 4.90 Å². The normalized spacial score (nSPS) is 12.3. The Hall–Kier alpha value is -1.13. The van der Waals surface area contributed by atoms with Gasteiger partial charge in [0.15, 0.2) is 0 Å².